The minimum absolute atomic E-state index is 0.122. The number of hydrogen-bond donors (Lipinski definition) is 2. The molecule has 1 saturated heterocycles. The van der Waals surface area contributed by atoms with Crippen molar-refractivity contribution in [2.45, 2.75) is 12.1 Å². The van der Waals surface area contributed by atoms with E-state index in [-0.39, 0.29) is 25.4 Å². The van der Waals surface area contributed by atoms with E-state index in [0.717, 1.165) is 0 Å². The van der Waals surface area contributed by atoms with Crippen LogP contribution in [0.15, 0.2) is 0 Å². The van der Waals surface area contributed by atoms with E-state index >= 15 is 0 Å². The Balaban J connectivity index is 2.17. The molecule has 2 unspecified atom stereocenters. The lowest BCUT2D eigenvalue weighted by molar-refractivity contribution is 0.264. The first-order valence-electron chi connectivity index (χ1n) is 3.45. The highest BCUT2D eigenvalue weighted by molar-refractivity contribution is 4.81. The molecule has 10 heavy (non-hydrogen) atoms. The van der Waals surface area contributed by atoms with Crippen LogP contribution in [-0.4, -0.2) is 38.5 Å². The van der Waals surface area contributed by atoms with Gasteiger partial charge in [0.05, 0.1) is 0 Å². The van der Waals surface area contributed by atoms with Gasteiger partial charge in [0.2, 0.25) is 0 Å². The predicted molar refractivity (Wildman–Crippen MR) is 35.5 cm³/mol. The van der Waals surface area contributed by atoms with Crippen molar-refractivity contribution < 1.29 is 8.78 Å². The van der Waals surface area contributed by atoms with Crippen LogP contribution < -0.4 is 10.6 Å². The summed E-state index contributed by atoms with van der Waals surface area (Å²) >= 11 is 0. The maximum Gasteiger partial charge on any atom is 0.106 e. The average Bonchev–Trinajstić information content (AvgIpc) is 2.05. The van der Waals surface area contributed by atoms with Crippen LogP contribution in [0.25, 0.3) is 0 Å². The van der Waals surface area contributed by atoms with Gasteiger partial charge in [0, 0.05) is 25.2 Å². The number of alkyl halides is 2. The molecule has 0 radical (unpaired) electrons. The molecule has 1 rings (SSSR count). The van der Waals surface area contributed by atoms with Crippen LogP contribution in [0.5, 0.6) is 0 Å². The Kier molecular flexibility index (Phi) is 3.02. The number of halogens is 2. The second kappa shape index (κ2) is 3.83. The second-order valence-corrected chi connectivity index (χ2v) is 2.52. The molecule has 0 saturated carbocycles. The fourth-order valence-electron chi connectivity index (χ4n) is 0.980. The highest BCUT2D eigenvalue weighted by Gasteiger charge is 2.18. The molecule has 2 N–H and O–H groups in total. The second-order valence-electron chi connectivity index (χ2n) is 2.52. The lowest BCUT2D eigenvalue weighted by Crippen LogP contribution is -2.55. The van der Waals surface area contributed by atoms with Crippen molar-refractivity contribution in [2.24, 2.45) is 0 Å². The molecule has 0 amide bonds. The van der Waals surface area contributed by atoms with Crippen molar-refractivity contribution >= 4 is 0 Å². The molecule has 1 aliphatic rings. The number of hydrogen-bond acceptors (Lipinski definition) is 2. The lowest BCUT2D eigenvalue weighted by Gasteiger charge is -2.27. The SMILES string of the molecule is FCC1CNC(CF)CN1. The third-order valence-corrected chi connectivity index (χ3v) is 1.68. The summed E-state index contributed by atoms with van der Waals surface area (Å²) in [7, 11) is 0. The van der Waals surface area contributed by atoms with Crippen molar-refractivity contribution in [2.75, 3.05) is 26.4 Å². The summed E-state index contributed by atoms with van der Waals surface area (Å²) in [6.07, 6.45) is 0. The zero-order chi connectivity index (χ0) is 7.40. The first-order valence-corrected chi connectivity index (χ1v) is 3.45. The van der Waals surface area contributed by atoms with Crippen molar-refractivity contribution in [3.63, 3.8) is 0 Å². The van der Waals surface area contributed by atoms with Gasteiger partial charge in [0.25, 0.3) is 0 Å². The highest BCUT2D eigenvalue weighted by Crippen LogP contribution is 1.94. The fraction of sp³-hybridized carbons (Fsp3) is 1.00. The molecule has 1 fully saturated rings. The Bertz CT molecular complexity index is 79.7. The highest BCUT2D eigenvalue weighted by atomic mass is 19.1. The molecule has 60 valence electrons. The van der Waals surface area contributed by atoms with Crippen LogP contribution in [0.4, 0.5) is 8.78 Å². The van der Waals surface area contributed by atoms with E-state index < -0.39 is 0 Å². The van der Waals surface area contributed by atoms with Gasteiger partial charge in [-0.2, -0.15) is 0 Å². The quantitative estimate of drug-likeness (QED) is 0.572. The summed E-state index contributed by atoms with van der Waals surface area (Å²) in [6.45, 7) is 0.300. The number of piperazine rings is 1. The predicted octanol–water partition coefficient (Wildman–Crippen LogP) is -0.145. The van der Waals surface area contributed by atoms with Crippen LogP contribution in [-0.2, 0) is 0 Å². The van der Waals surface area contributed by atoms with Crippen molar-refractivity contribution in [1.29, 1.82) is 0 Å². The lowest BCUT2D eigenvalue weighted by atomic mass is 10.2. The summed E-state index contributed by atoms with van der Waals surface area (Å²) in [5, 5.41) is 5.78. The van der Waals surface area contributed by atoms with E-state index in [9.17, 15) is 8.78 Å². The Morgan fingerprint density at radius 2 is 1.40 bits per heavy atom. The monoisotopic (exact) mass is 150 g/mol. The standard InChI is InChI=1S/C6H12F2N2/c7-1-5-3-10-6(2-8)4-9-5/h5-6,9-10H,1-4H2. The fourth-order valence-corrected chi connectivity index (χ4v) is 0.980. The third kappa shape index (κ3) is 1.88. The van der Waals surface area contributed by atoms with Crippen molar-refractivity contribution in [3.8, 4) is 0 Å². The molecule has 1 aliphatic heterocycles. The van der Waals surface area contributed by atoms with Crippen molar-refractivity contribution in [1.82, 2.24) is 10.6 Å². The molecule has 0 aromatic rings. The molecular formula is C6H12F2N2. The van der Waals surface area contributed by atoms with Crippen LogP contribution in [0.3, 0.4) is 0 Å². The van der Waals surface area contributed by atoms with Crippen LogP contribution in [0.1, 0.15) is 0 Å². The molecular weight excluding hydrogens is 138 g/mol. The van der Waals surface area contributed by atoms with Gasteiger partial charge in [0.15, 0.2) is 0 Å². The van der Waals surface area contributed by atoms with E-state index in [1.807, 2.05) is 0 Å². The minimum atomic E-state index is -0.383. The maximum atomic E-state index is 11.9. The first-order chi connectivity index (χ1) is 4.86. The molecule has 2 nitrogen and oxygen atoms in total. The van der Waals surface area contributed by atoms with Crippen LogP contribution >= 0.6 is 0 Å². The van der Waals surface area contributed by atoms with Gasteiger partial charge < -0.3 is 10.6 Å². The Morgan fingerprint density at radius 1 is 1.00 bits per heavy atom. The topological polar surface area (TPSA) is 24.1 Å². The Hall–Kier alpha value is -0.220. The van der Waals surface area contributed by atoms with Gasteiger partial charge in [0.1, 0.15) is 13.3 Å². The van der Waals surface area contributed by atoms with E-state index in [2.05, 4.69) is 10.6 Å². The van der Waals surface area contributed by atoms with Gasteiger partial charge in [-0.05, 0) is 0 Å². The van der Waals surface area contributed by atoms with Gasteiger partial charge in [-0.25, -0.2) is 8.78 Å². The number of rotatable bonds is 2. The molecule has 0 aliphatic carbocycles. The van der Waals surface area contributed by atoms with E-state index in [0.29, 0.717) is 13.1 Å². The summed E-state index contributed by atoms with van der Waals surface area (Å²) in [5.41, 5.74) is 0. The molecule has 4 heteroatoms. The van der Waals surface area contributed by atoms with E-state index in [1.54, 1.807) is 0 Å². The largest absolute Gasteiger partial charge is 0.309 e. The van der Waals surface area contributed by atoms with E-state index in [4.69, 9.17) is 0 Å². The normalized spacial score (nSPS) is 34.2. The smallest absolute Gasteiger partial charge is 0.106 e. The molecule has 0 aromatic carbocycles. The van der Waals surface area contributed by atoms with Gasteiger partial charge >= 0.3 is 0 Å². The molecule has 0 bridgehead atoms. The van der Waals surface area contributed by atoms with Crippen molar-refractivity contribution in [3.05, 3.63) is 0 Å². The Labute approximate surface area is 59.0 Å². The van der Waals surface area contributed by atoms with Gasteiger partial charge in [-0.3, -0.25) is 0 Å². The zero-order valence-corrected chi connectivity index (χ0v) is 5.74. The van der Waals surface area contributed by atoms with Crippen LogP contribution in [0.2, 0.25) is 0 Å². The average molecular weight is 150 g/mol. The molecule has 1 heterocycles. The molecule has 0 spiro atoms. The first kappa shape index (κ1) is 7.88. The number of nitrogens with one attached hydrogen (secondary N) is 2. The molecule has 0 aromatic heterocycles. The minimum Gasteiger partial charge on any atom is -0.309 e. The van der Waals surface area contributed by atoms with Gasteiger partial charge in [-0.15, -0.1) is 0 Å². The summed E-state index contributed by atoms with van der Waals surface area (Å²) in [6, 6.07) is -0.245. The maximum absolute atomic E-state index is 11.9. The summed E-state index contributed by atoms with van der Waals surface area (Å²) in [4.78, 5) is 0. The van der Waals surface area contributed by atoms with Crippen LogP contribution in [0, 0.1) is 0 Å². The van der Waals surface area contributed by atoms with E-state index in [1.165, 1.54) is 0 Å². The zero-order valence-electron chi connectivity index (χ0n) is 5.74. The van der Waals surface area contributed by atoms with Gasteiger partial charge in [-0.1, -0.05) is 0 Å². The molecule has 2 atom stereocenters. The third-order valence-electron chi connectivity index (χ3n) is 1.68. The summed E-state index contributed by atoms with van der Waals surface area (Å²) < 4.78 is 23.8. The summed E-state index contributed by atoms with van der Waals surface area (Å²) in [5.74, 6) is 0. The Morgan fingerprint density at radius 3 is 1.60 bits per heavy atom.